The third kappa shape index (κ3) is 2.67. The van der Waals surface area contributed by atoms with Crippen LogP contribution in [-0.2, 0) is 9.59 Å². The van der Waals surface area contributed by atoms with Crippen molar-refractivity contribution in [3.63, 3.8) is 0 Å². The fraction of sp³-hybridized carbons (Fsp3) is 0.385. The van der Waals surface area contributed by atoms with Gasteiger partial charge in [0.2, 0.25) is 0 Å². The van der Waals surface area contributed by atoms with E-state index in [-0.39, 0.29) is 0 Å². The first kappa shape index (κ1) is 12.5. The Labute approximate surface area is 104 Å². The van der Waals surface area contributed by atoms with Crippen LogP contribution in [0.3, 0.4) is 0 Å². The highest BCUT2D eigenvalue weighted by Gasteiger charge is 2.26. The first-order valence-electron chi connectivity index (χ1n) is 5.86. The molecule has 96 valence electrons. The van der Waals surface area contributed by atoms with E-state index in [0.29, 0.717) is 38.2 Å². The second-order valence-corrected chi connectivity index (χ2v) is 4.25. The van der Waals surface area contributed by atoms with Gasteiger partial charge in [0, 0.05) is 13.1 Å². The van der Waals surface area contributed by atoms with Gasteiger partial charge in [-0.15, -0.1) is 0 Å². The van der Waals surface area contributed by atoms with Crippen molar-refractivity contribution in [1.29, 1.82) is 0 Å². The highest BCUT2D eigenvalue weighted by Crippen LogP contribution is 2.31. The minimum absolute atomic E-state index is 0.386. The Morgan fingerprint density at radius 1 is 1.33 bits per heavy atom. The van der Waals surface area contributed by atoms with Crippen LogP contribution >= 0.6 is 0 Å². The van der Waals surface area contributed by atoms with Crippen molar-refractivity contribution >= 4 is 18.2 Å². The number of halogens is 1. The Morgan fingerprint density at radius 2 is 2.00 bits per heavy atom. The second-order valence-electron chi connectivity index (χ2n) is 4.25. The highest BCUT2D eigenvalue weighted by atomic mass is 19.1. The van der Waals surface area contributed by atoms with Crippen LogP contribution in [0.15, 0.2) is 24.3 Å². The van der Waals surface area contributed by atoms with Crippen LogP contribution in [-0.4, -0.2) is 25.6 Å². The van der Waals surface area contributed by atoms with Crippen LogP contribution in [0.5, 0.6) is 5.75 Å². The maximum atomic E-state index is 12.6. The van der Waals surface area contributed by atoms with Crippen molar-refractivity contribution in [2.75, 3.05) is 18.0 Å². The lowest BCUT2D eigenvalue weighted by Gasteiger charge is -2.32. The van der Waals surface area contributed by atoms with E-state index in [0.717, 1.165) is 5.69 Å². The zero-order valence-electron chi connectivity index (χ0n) is 9.84. The molecule has 0 aromatic heterocycles. The van der Waals surface area contributed by atoms with E-state index in [4.69, 9.17) is 4.74 Å². The summed E-state index contributed by atoms with van der Waals surface area (Å²) in [5.41, 5.74) is 0.800. The Morgan fingerprint density at radius 3 is 2.61 bits per heavy atom. The van der Waals surface area contributed by atoms with Crippen LogP contribution in [0, 0.1) is 5.92 Å². The fourth-order valence-corrected chi connectivity index (χ4v) is 2.22. The molecule has 1 aliphatic rings. The minimum Gasteiger partial charge on any atom is -0.427 e. The van der Waals surface area contributed by atoms with E-state index < -0.39 is 12.0 Å². The molecule has 4 nitrogen and oxygen atoms in total. The fourth-order valence-electron chi connectivity index (χ4n) is 2.22. The van der Waals surface area contributed by atoms with Gasteiger partial charge >= 0.3 is 6.04 Å². The summed E-state index contributed by atoms with van der Waals surface area (Å²) in [7, 11) is 0. The van der Waals surface area contributed by atoms with Crippen LogP contribution < -0.4 is 9.64 Å². The van der Waals surface area contributed by atoms with E-state index in [2.05, 4.69) is 0 Å². The molecule has 1 fully saturated rings. The van der Waals surface area contributed by atoms with Gasteiger partial charge in [-0.05, 0) is 25.0 Å². The molecule has 1 saturated heterocycles. The van der Waals surface area contributed by atoms with Crippen molar-refractivity contribution in [3.8, 4) is 5.75 Å². The lowest BCUT2D eigenvalue weighted by molar-refractivity contribution is -0.134. The van der Waals surface area contributed by atoms with E-state index >= 15 is 0 Å². The molecule has 1 aromatic carbocycles. The summed E-state index contributed by atoms with van der Waals surface area (Å²) < 4.78 is 17.5. The van der Waals surface area contributed by atoms with Gasteiger partial charge in [-0.2, -0.15) is 4.39 Å². The first-order valence-corrected chi connectivity index (χ1v) is 5.86. The number of rotatable bonds is 4. The summed E-state index contributed by atoms with van der Waals surface area (Å²) in [5.74, 6) is -0.00192. The molecule has 0 spiro atoms. The van der Waals surface area contributed by atoms with Crippen molar-refractivity contribution in [1.82, 2.24) is 0 Å². The van der Waals surface area contributed by atoms with E-state index in [1.807, 2.05) is 17.0 Å². The van der Waals surface area contributed by atoms with Gasteiger partial charge in [0.05, 0.1) is 11.6 Å². The van der Waals surface area contributed by atoms with Crippen molar-refractivity contribution in [2.45, 2.75) is 12.8 Å². The zero-order valence-corrected chi connectivity index (χ0v) is 9.84. The topological polar surface area (TPSA) is 46.6 Å². The number of para-hydroxylation sites is 2. The number of anilines is 1. The van der Waals surface area contributed by atoms with Gasteiger partial charge in [-0.3, -0.25) is 9.59 Å². The molecule has 2 rings (SSSR count). The summed E-state index contributed by atoms with van der Waals surface area (Å²) in [6, 6.07) is 5.94. The molecule has 1 heterocycles. The summed E-state index contributed by atoms with van der Waals surface area (Å²) in [6.45, 7) is 1.55. The molecule has 1 aliphatic heterocycles. The Bertz CT molecular complexity index is 442. The van der Waals surface area contributed by atoms with E-state index in [9.17, 15) is 14.0 Å². The first-order chi connectivity index (χ1) is 8.72. The number of hydrogen-bond acceptors (Lipinski definition) is 4. The number of ether oxygens (including phenoxy) is 1. The molecule has 0 N–H and O–H groups in total. The number of carbonyl (C=O) groups is 2. The Kier molecular flexibility index (Phi) is 3.92. The van der Waals surface area contributed by atoms with Crippen LogP contribution in [0.1, 0.15) is 12.8 Å². The van der Waals surface area contributed by atoms with Crippen molar-refractivity contribution < 1.29 is 18.7 Å². The second kappa shape index (κ2) is 5.62. The predicted molar refractivity (Wildman–Crippen MR) is 64.2 cm³/mol. The lowest BCUT2D eigenvalue weighted by Crippen LogP contribution is -2.35. The Balaban J connectivity index is 2.09. The van der Waals surface area contributed by atoms with Crippen LogP contribution in [0.4, 0.5) is 10.1 Å². The predicted octanol–water partition coefficient (Wildman–Crippen LogP) is 1.93. The monoisotopic (exact) mass is 251 g/mol. The largest absolute Gasteiger partial charge is 0.427 e. The summed E-state index contributed by atoms with van der Waals surface area (Å²) in [5, 5.41) is 0. The SMILES string of the molecule is O=COc1ccccc1N1CCC(C(=O)F)CC1. The molecule has 0 atom stereocenters. The van der Waals surface area contributed by atoms with Crippen molar-refractivity contribution in [3.05, 3.63) is 24.3 Å². The zero-order chi connectivity index (χ0) is 13.0. The number of hydrogen-bond donors (Lipinski definition) is 0. The molecule has 5 heteroatoms. The molecular formula is C13H14FNO3. The van der Waals surface area contributed by atoms with Gasteiger partial charge < -0.3 is 9.64 Å². The van der Waals surface area contributed by atoms with Gasteiger partial charge in [0.25, 0.3) is 6.47 Å². The number of nitrogens with zero attached hydrogens (tertiary/aromatic N) is 1. The minimum atomic E-state index is -1.23. The average molecular weight is 251 g/mol. The number of carbonyl (C=O) groups excluding carboxylic acids is 2. The maximum absolute atomic E-state index is 12.6. The molecule has 0 saturated carbocycles. The molecule has 0 radical (unpaired) electrons. The smallest absolute Gasteiger partial charge is 0.304 e. The number of benzene rings is 1. The Hall–Kier alpha value is -1.91. The molecule has 1 aromatic rings. The quantitative estimate of drug-likeness (QED) is 0.606. The normalized spacial score (nSPS) is 16.4. The maximum Gasteiger partial charge on any atom is 0.304 e. The summed E-state index contributed by atoms with van der Waals surface area (Å²) >= 11 is 0. The third-order valence-corrected chi connectivity index (χ3v) is 3.20. The third-order valence-electron chi connectivity index (χ3n) is 3.20. The van der Waals surface area contributed by atoms with Crippen LogP contribution in [0.25, 0.3) is 0 Å². The molecule has 0 unspecified atom stereocenters. The van der Waals surface area contributed by atoms with Gasteiger partial charge in [0.1, 0.15) is 0 Å². The van der Waals surface area contributed by atoms with E-state index in [1.54, 1.807) is 12.1 Å². The van der Waals surface area contributed by atoms with Crippen molar-refractivity contribution in [2.24, 2.45) is 5.92 Å². The summed E-state index contributed by atoms with van der Waals surface area (Å²) in [6.07, 6.45) is 0.982. The average Bonchev–Trinajstić information content (AvgIpc) is 2.40. The van der Waals surface area contributed by atoms with Gasteiger partial charge in [0.15, 0.2) is 5.75 Å². The molecule has 18 heavy (non-hydrogen) atoms. The van der Waals surface area contributed by atoms with E-state index in [1.165, 1.54) is 0 Å². The molecule has 0 aliphatic carbocycles. The highest BCUT2D eigenvalue weighted by molar-refractivity contribution is 5.71. The standard InChI is InChI=1S/C13H14FNO3/c14-13(17)10-5-7-15(8-6-10)11-3-1-2-4-12(11)18-9-16/h1-4,9-10H,5-8H2. The lowest BCUT2D eigenvalue weighted by atomic mass is 9.97. The molecule has 0 amide bonds. The summed E-state index contributed by atoms with van der Waals surface area (Å²) in [4.78, 5) is 23.1. The van der Waals surface area contributed by atoms with Crippen LogP contribution in [0.2, 0.25) is 0 Å². The molecular weight excluding hydrogens is 237 g/mol. The van der Waals surface area contributed by atoms with Gasteiger partial charge in [-0.25, -0.2) is 0 Å². The molecule has 0 bridgehead atoms. The number of piperidine rings is 1. The van der Waals surface area contributed by atoms with Gasteiger partial charge in [-0.1, -0.05) is 12.1 Å².